The molecule has 0 saturated carbocycles. The standard InChI is InChI=1S/4ClH.Mg/h4*1H;. The van der Waals surface area contributed by atoms with Crippen LogP contribution < -0.4 is 0 Å². The lowest BCUT2D eigenvalue weighted by Crippen LogP contribution is -0.381. The van der Waals surface area contributed by atoms with Crippen molar-refractivity contribution >= 4 is 72.7 Å². The molecule has 0 amide bonds. The second kappa shape index (κ2) is 38.8. The molecule has 34 valence electrons. The van der Waals surface area contributed by atoms with Crippen molar-refractivity contribution in [3.05, 3.63) is 0 Å². The Bertz CT molecular complexity index is 3.61. The van der Waals surface area contributed by atoms with Gasteiger partial charge in [-0.1, -0.05) is 0 Å². The zero-order chi connectivity index (χ0) is 0. The summed E-state index contributed by atoms with van der Waals surface area (Å²) in [6, 6.07) is 0. The van der Waals surface area contributed by atoms with E-state index in [4.69, 9.17) is 0 Å². The van der Waals surface area contributed by atoms with Crippen LogP contribution in [0.3, 0.4) is 0 Å². The number of hydrogen-bond donors (Lipinski definition) is 0. The highest BCUT2D eigenvalue weighted by molar-refractivity contribution is 5.86. The molecule has 0 N–H and O–H groups in total. The van der Waals surface area contributed by atoms with Crippen molar-refractivity contribution in [1.82, 2.24) is 0 Å². The number of hydrogen-bond acceptors (Lipinski definition) is 0. The molecule has 0 aliphatic rings. The minimum Gasteiger partial charge on any atom is -0.147 e. The molecule has 0 aliphatic heterocycles. The summed E-state index contributed by atoms with van der Waals surface area (Å²) < 4.78 is 0. The van der Waals surface area contributed by atoms with Gasteiger partial charge < -0.3 is 0 Å². The summed E-state index contributed by atoms with van der Waals surface area (Å²) in [5.41, 5.74) is 0. The second-order valence-corrected chi connectivity index (χ2v) is 0. The maximum atomic E-state index is 0. The monoisotopic (exact) mass is 168 g/mol. The molecule has 0 saturated heterocycles. The molecule has 0 fully saturated rings. The summed E-state index contributed by atoms with van der Waals surface area (Å²) in [6.07, 6.45) is 0. The third-order valence-electron chi connectivity index (χ3n) is 0. The van der Waals surface area contributed by atoms with Gasteiger partial charge in [-0.3, -0.25) is 0 Å². The maximum Gasteiger partial charge on any atom is 0 e. The van der Waals surface area contributed by atoms with Crippen LogP contribution in [0, 0.1) is 0 Å². The Morgan fingerprint density at radius 3 is 0.400 bits per heavy atom. The Hall–Kier alpha value is 1.93. The quantitative estimate of drug-likeness (QED) is 0.481. The first kappa shape index (κ1) is 65.6. The smallest absolute Gasteiger partial charge is 0 e. The molecule has 0 heterocycles. The van der Waals surface area contributed by atoms with E-state index in [-0.39, 0.29) is 72.7 Å². The highest BCUT2D eigenvalue weighted by Gasteiger charge is 0.0000279. The van der Waals surface area contributed by atoms with Gasteiger partial charge in [0.05, 0.1) is 0 Å². The van der Waals surface area contributed by atoms with Crippen LogP contribution >= 0.6 is 49.6 Å². The van der Waals surface area contributed by atoms with E-state index in [2.05, 4.69) is 0 Å². The van der Waals surface area contributed by atoms with Crippen molar-refractivity contribution in [1.29, 1.82) is 0 Å². The van der Waals surface area contributed by atoms with E-state index in [0.29, 0.717) is 0 Å². The predicted molar refractivity (Wildman–Crippen MR) is 34.7 cm³/mol. The van der Waals surface area contributed by atoms with Crippen molar-refractivity contribution in [2.45, 2.75) is 0 Å². The molecule has 0 atom stereocenters. The summed E-state index contributed by atoms with van der Waals surface area (Å²) in [5.74, 6) is 0. The van der Waals surface area contributed by atoms with Crippen molar-refractivity contribution in [3.63, 3.8) is 0 Å². The van der Waals surface area contributed by atoms with Gasteiger partial charge in [0.1, 0.15) is 0 Å². The van der Waals surface area contributed by atoms with E-state index in [1.54, 1.807) is 0 Å². The Morgan fingerprint density at radius 2 is 0.400 bits per heavy atom. The van der Waals surface area contributed by atoms with Crippen LogP contribution in [0.4, 0.5) is 0 Å². The molecule has 0 rings (SSSR count). The van der Waals surface area contributed by atoms with Gasteiger partial charge in [-0.25, -0.2) is 0 Å². The third-order valence-corrected chi connectivity index (χ3v) is 0. The normalized spacial score (nSPS) is 0. The van der Waals surface area contributed by atoms with Crippen molar-refractivity contribution in [2.75, 3.05) is 0 Å². The first-order valence-corrected chi connectivity index (χ1v) is 0. The average molecular weight is 170 g/mol. The van der Waals surface area contributed by atoms with Crippen LogP contribution in [0.1, 0.15) is 0 Å². The molecule has 0 nitrogen and oxygen atoms in total. The molecule has 0 spiro atoms. The van der Waals surface area contributed by atoms with Crippen LogP contribution in [0.2, 0.25) is 0 Å². The van der Waals surface area contributed by atoms with Gasteiger partial charge in [-0.05, 0) is 0 Å². The van der Waals surface area contributed by atoms with E-state index >= 15 is 0 Å². The lowest BCUT2D eigenvalue weighted by atomic mass is 24.3. The molecule has 0 aliphatic carbocycles. The van der Waals surface area contributed by atoms with Gasteiger partial charge in [0.25, 0.3) is 0 Å². The molecule has 0 aromatic heterocycles. The maximum absolute atomic E-state index is 0. The second-order valence-electron chi connectivity index (χ2n) is 0. The Labute approximate surface area is 72.3 Å². The van der Waals surface area contributed by atoms with Gasteiger partial charge in [-0.2, -0.15) is 0 Å². The van der Waals surface area contributed by atoms with Crippen LogP contribution in [-0.4, -0.2) is 23.1 Å². The minimum absolute atomic E-state index is 0. The van der Waals surface area contributed by atoms with Crippen LogP contribution in [-0.2, 0) is 0 Å². The van der Waals surface area contributed by atoms with Gasteiger partial charge in [0.2, 0.25) is 0 Å². The zero-order valence-corrected chi connectivity index (χ0v) is 7.02. The van der Waals surface area contributed by atoms with Crippen LogP contribution in [0.25, 0.3) is 0 Å². The van der Waals surface area contributed by atoms with E-state index in [9.17, 15) is 0 Å². The summed E-state index contributed by atoms with van der Waals surface area (Å²) in [7, 11) is 0. The fraction of sp³-hybridized carbons (Fsp3) is 0. The zero-order valence-electron chi connectivity index (χ0n) is 2.34. The Balaban J connectivity index is 0. The molecule has 0 unspecified atom stereocenters. The van der Waals surface area contributed by atoms with Gasteiger partial charge in [0, 0.05) is 23.1 Å². The van der Waals surface area contributed by atoms with Gasteiger partial charge in [0.15, 0.2) is 0 Å². The van der Waals surface area contributed by atoms with Crippen molar-refractivity contribution in [2.24, 2.45) is 0 Å². The SMILES string of the molecule is Cl.Cl.Cl.Cl.[Mg]. The fourth-order valence-electron chi connectivity index (χ4n) is 0. The summed E-state index contributed by atoms with van der Waals surface area (Å²) >= 11 is 0. The van der Waals surface area contributed by atoms with E-state index < -0.39 is 0 Å². The summed E-state index contributed by atoms with van der Waals surface area (Å²) in [6.45, 7) is 0. The largest absolute Gasteiger partial charge is 0.147 e. The average Bonchev–Trinajstić information content (AvgIpc) is 0. The molecular formula is H4Cl4Mg. The van der Waals surface area contributed by atoms with Crippen LogP contribution in [0.15, 0.2) is 0 Å². The molecule has 2 radical (unpaired) electrons. The topological polar surface area (TPSA) is 0 Å². The van der Waals surface area contributed by atoms with E-state index in [1.165, 1.54) is 0 Å². The Morgan fingerprint density at radius 1 is 0.400 bits per heavy atom. The molecule has 5 heteroatoms. The lowest BCUT2D eigenvalue weighted by Gasteiger charge is -0.148. The lowest BCUT2D eigenvalue weighted by molar-refractivity contribution is 5.75. The highest BCUT2D eigenvalue weighted by Crippen LogP contribution is 0.693. The first-order chi connectivity index (χ1) is 0. The highest BCUT2D eigenvalue weighted by atomic mass is 35.5. The first-order valence-electron chi connectivity index (χ1n) is 0. The van der Waals surface area contributed by atoms with Crippen molar-refractivity contribution < 1.29 is 0 Å². The minimum atomic E-state index is 0. The molecular weight excluding hydrogens is 166 g/mol. The van der Waals surface area contributed by atoms with E-state index in [1.807, 2.05) is 0 Å². The van der Waals surface area contributed by atoms with Gasteiger partial charge >= 0.3 is 0 Å². The molecule has 0 aromatic rings. The van der Waals surface area contributed by atoms with Crippen LogP contribution in [0.5, 0.6) is 0 Å². The van der Waals surface area contributed by atoms with Crippen molar-refractivity contribution in [3.8, 4) is 0 Å². The summed E-state index contributed by atoms with van der Waals surface area (Å²) in [5, 5.41) is 0. The number of rotatable bonds is 0. The third kappa shape index (κ3) is 24.6. The molecule has 5 heavy (non-hydrogen) atoms. The molecule has 0 bridgehead atoms. The predicted octanol–water partition coefficient (Wildman–Crippen LogP) is 1.31. The fourth-order valence-corrected chi connectivity index (χ4v) is 0. The Kier molecular flexibility index (Phi) is 508. The molecule has 0 aromatic carbocycles. The van der Waals surface area contributed by atoms with E-state index in [0.717, 1.165) is 0 Å². The van der Waals surface area contributed by atoms with Gasteiger partial charge in [-0.15, -0.1) is 49.6 Å². The summed E-state index contributed by atoms with van der Waals surface area (Å²) in [4.78, 5) is 0. The number of halogens is 4.